The first-order chi connectivity index (χ1) is 12.5. The summed E-state index contributed by atoms with van der Waals surface area (Å²) in [6.45, 7) is 1.84. The first-order valence-corrected chi connectivity index (χ1v) is 8.61. The minimum absolute atomic E-state index is 0.0750. The molecule has 0 aliphatic heterocycles. The van der Waals surface area contributed by atoms with Gasteiger partial charge in [0.15, 0.2) is 6.61 Å². The van der Waals surface area contributed by atoms with E-state index in [1.54, 1.807) is 30.3 Å². The van der Waals surface area contributed by atoms with Crippen LogP contribution in [0.25, 0.3) is 6.08 Å². The van der Waals surface area contributed by atoms with Gasteiger partial charge < -0.3 is 15.8 Å². The molecule has 2 amide bonds. The van der Waals surface area contributed by atoms with E-state index in [1.165, 1.54) is 6.08 Å². The quantitative estimate of drug-likeness (QED) is 0.696. The Morgan fingerprint density at radius 3 is 2.38 bits per heavy atom. The molecule has 1 unspecified atom stereocenters. The van der Waals surface area contributed by atoms with Crippen LogP contribution < -0.4 is 15.8 Å². The number of hydrogen-bond acceptors (Lipinski definition) is 3. The summed E-state index contributed by atoms with van der Waals surface area (Å²) in [6.07, 6.45) is 3.97. The van der Waals surface area contributed by atoms with E-state index in [-0.39, 0.29) is 18.6 Å². The van der Waals surface area contributed by atoms with E-state index < -0.39 is 5.91 Å². The minimum atomic E-state index is -0.531. The van der Waals surface area contributed by atoms with Crippen molar-refractivity contribution in [2.24, 2.45) is 5.73 Å². The highest BCUT2D eigenvalue weighted by molar-refractivity contribution is 6.30. The highest BCUT2D eigenvalue weighted by Crippen LogP contribution is 2.19. The normalized spacial score (nSPS) is 11.9. The third-order valence-electron chi connectivity index (χ3n) is 3.69. The molecule has 2 aromatic rings. The van der Waals surface area contributed by atoms with E-state index in [4.69, 9.17) is 22.1 Å². The number of carbonyl (C=O) groups excluding carboxylic acids is 2. The van der Waals surface area contributed by atoms with Crippen LogP contribution in [0.4, 0.5) is 0 Å². The van der Waals surface area contributed by atoms with Crippen molar-refractivity contribution in [1.82, 2.24) is 5.32 Å². The van der Waals surface area contributed by atoms with Crippen LogP contribution >= 0.6 is 11.6 Å². The summed E-state index contributed by atoms with van der Waals surface area (Å²) in [6, 6.07) is 14.4. The molecular weight excluding hydrogens is 352 g/mol. The van der Waals surface area contributed by atoms with Gasteiger partial charge in [-0.3, -0.25) is 9.59 Å². The van der Waals surface area contributed by atoms with Crippen LogP contribution in [0, 0.1) is 0 Å². The van der Waals surface area contributed by atoms with Gasteiger partial charge in [0.25, 0.3) is 5.91 Å². The van der Waals surface area contributed by atoms with Crippen molar-refractivity contribution in [3.63, 3.8) is 0 Å². The Kier molecular flexibility index (Phi) is 7.24. The number of benzene rings is 2. The number of primary amides is 1. The molecule has 0 bridgehead atoms. The highest BCUT2D eigenvalue weighted by Gasteiger charge is 2.10. The van der Waals surface area contributed by atoms with E-state index in [1.807, 2.05) is 31.2 Å². The molecule has 1 atom stereocenters. The largest absolute Gasteiger partial charge is 0.484 e. The third-order valence-corrected chi connectivity index (χ3v) is 3.94. The molecule has 0 heterocycles. The lowest BCUT2D eigenvalue weighted by Crippen LogP contribution is -2.26. The van der Waals surface area contributed by atoms with E-state index in [0.29, 0.717) is 10.8 Å². The maximum atomic E-state index is 12.2. The smallest absolute Gasteiger partial charge is 0.255 e. The monoisotopic (exact) mass is 372 g/mol. The maximum absolute atomic E-state index is 12.2. The van der Waals surface area contributed by atoms with Crippen molar-refractivity contribution < 1.29 is 14.3 Å². The summed E-state index contributed by atoms with van der Waals surface area (Å²) < 4.78 is 5.19. The van der Waals surface area contributed by atoms with Gasteiger partial charge in [0.05, 0.1) is 6.04 Å². The molecule has 0 aliphatic rings. The Balaban J connectivity index is 1.93. The molecule has 0 saturated heterocycles. The fourth-order valence-corrected chi connectivity index (χ4v) is 2.46. The van der Waals surface area contributed by atoms with Gasteiger partial charge in [-0.05, 0) is 47.9 Å². The standard InChI is InChI=1S/C20H21ClN2O3/c1-2-18(15-6-8-16(21)9-7-15)23-20(25)12-5-14-3-10-17(11-4-14)26-13-19(22)24/h3-12,18H,2,13H2,1H3,(H2,22,24)(H,23,25)/b12-5+. The van der Waals surface area contributed by atoms with E-state index in [2.05, 4.69) is 5.32 Å². The fourth-order valence-electron chi connectivity index (χ4n) is 2.34. The second-order valence-corrected chi connectivity index (χ2v) is 6.11. The summed E-state index contributed by atoms with van der Waals surface area (Å²) >= 11 is 5.90. The Labute approximate surface area is 157 Å². The summed E-state index contributed by atoms with van der Waals surface area (Å²) in [5.74, 6) is -0.170. The lowest BCUT2D eigenvalue weighted by Gasteiger charge is -2.16. The molecular formula is C20H21ClN2O3. The number of nitrogens with two attached hydrogens (primary N) is 1. The molecule has 0 saturated carbocycles. The Morgan fingerprint density at radius 1 is 1.15 bits per heavy atom. The van der Waals surface area contributed by atoms with Gasteiger partial charge in [-0.25, -0.2) is 0 Å². The van der Waals surface area contributed by atoms with Gasteiger partial charge in [0, 0.05) is 11.1 Å². The molecule has 0 radical (unpaired) electrons. The minimum Gasteiger partial charge on any atom is -0.484 e. The molecule has 26 heavy (non-hydrogen) atoms. The molecule has 5 nitrogen and oxygen atoms in total. The molecule has 0 aromatic heterocycles. The second-order valence-electron chi connectivity index (χ2n) is 5.68. The van der Waals surface area contributed by atoms with Crippen molar-refractivity contribution in [2.45, 2.75) is 19.4 Å². The van der Waals surface area contributed by atoms with Crippen molar-refractivity contribution in [3.8, 4) is 5.75 Å². The lowest BCUT2D eigenvalue weighted by molar-refractivity contribution is -0.120. The number of nitrogens with one attached hydrogen (secondary N) is 1. The van der Waals surface area contributed by atoms with E-state index >= 15 is 0 Å². The molecule has 3 N–H and O–H groups in total. The molecule has 6 heteroatoms. The van der Waals surface area contributed by atoms with E-state index in [0.717, 1.165) is 17.5 Å². The first-order valence-electron chi connectivity index (χ1n) is 8.23. The molecule has 0 aliphatic carbocycles. The summed E-state index contributed by atoms with van der Waals surface area (Å²) in [5.41, 5.74) is 6.87. The van der Waals surface area contributed by atoms with Crippen LogP contribution in [0.1, 0.15) is 30.5 Å². The van der Waals surface area contributed by atoms with E-state index in [9.17, 15) is 9.59 Å². The second kappa shape index (κ2) is 9.63. The predicted octanol–water partition coefficient (Wildman–Crippen LogP) is 3.48. The first kappa shape index (κ1) is 19.5. The predicted molar refractivity (Wildman–Crippen MR) is 103 cm³/mol. The maximum Gasteiger partial charge on any atom is 0.255 e. The van der Waals surface area contributed by atoms with Gasteiger partial charge in [-0.15, -0.1) is 0 Å². The fraction of sp³-hybridized carbons (Fsp3) is 0.200. The molecule has 0 fully saturated rings. The SMILES string of the molecule is CCC(NC(=O)/C=C/c1ccc(OCC(N)=O)cc1)c1ccc(Cl)cc1. The number of amides is 2. The van der Waals surface area contributed by atoms with Gasteiger partial charge in [0.2, 0.25) is 5.91 Å². The number of ether oxygens (including phenoxy) is 1. The van der Waals surface area contributed by atoms with Crippen molar-refractivity contribution in [3.05, 3.63) is 70.8 Å². The number of rotatable bonds is 8. The van der Waals surface area contributed by atoms with Crippen LogP contribution in [-0.2, 0) is 9.59 Å². The average molecular weight is 373 g/mol. The van der Waals surface area contributed by atoms with Crippen LogP contribution in [0.15, 0.2) is 54.6 Å². The van der Waals surface area contributed by atoms with Gasteiger partial charge >= 0.3 is 0 Å². The zero-order chi connectivity index (χ0) is 18.9. The van der Waals surface area contributed by atoms with Crippen LogP contribution in [0.5, 0.6) is 5.75 Å². The number of halogens is 1. The lowest BCUT2D eigenvalue weighted by atomic mass is 10.0. The highest BCUT2D eigenvalue weighted by atomic mass is 35.5. The summed E-state index contributed by atoms with van der Waals surface area (Å²) in [5, 5.41) is 3.64. The summed E-state index contributed by atoms with van der Waals surface area (Å²) in [4.78, 5) is 22.9. The van der Waals surface area contributed by atoms with Gasteiger partial charge in [-0.2, -0.15) is 0 Å². The zero-order valence-corrected chi connectivity index (χ0v) is 15.2. The Bertz CT molecular complexity index is 771. The third kappa shape index (κ3) is 6.26. The molecule has 2 aromatic carbocycles. The Hall–Kier alpha value is -2.79. The zero-order valence-electron chi connectivity index (χ0n) is 14.4. The number of hydrogen-bond donors (Lipinski definition) is 2. The van der Waals surface area contributed by atoms with Gasteiger partial charge in [-0.1, -0.05) is 42.8 Å². The van der Waals surface area contributed by atoms with Crippen molar-refractivity contribution >= 4 is 29.5 Å². The van der Waals surface area contributed by atoms with Crippen LogP contribution in [0.2, 0.25) is 5.02 Å². The number of carbonyl (C=O) groups is 2. The summed E-state index contributed by atoms with van der Waals surface area (Å²) in [7, 11) is 0. The van der Waals surface area contributed by atoms with Crippen molar-refractivity contribution in [1.29, 1.82) is 0 Å². The van der Waals surface area contributed by atoms with Crippen LogP contribution in [0.3, 0.4) is 0 Å². The topological polar surface area (TPSA) is 81.4 Å². The van der Waals surface area contributed by atoms with Crippen molar-refractivity contribution in [2.75, 3.05) is 6.61 Å². The van der Waals surface area contributed by atoms with Crippen LogP contribution in [-0.4, -0.2) is 18.4 Å². The Morgan fingerprint density at radius 2 is 1.81 bits per heavy atom. The molecule has 2 rings (SSSR count). The average Bonchev–Trinajstić information content (AvgIpc) is 2.64. The molecule has 0 spiro atoms. The van der Waals surface area contributed by atoms with Gasteiger partial charge in [0.1, 0.15) is 5.75 Å². The molecule has 136 valence electrons.